The number of fused-ring (bicyclic) bond motifs is 1. The fourth-order valence-electron chi connectivity index (χ4n) is 3.56. The molecule has 0 spiro atoms. The normalized spacial score (nSPS) is 13.1. The van der Waals surface area contributed by atoms with E-state index in [1.54, 1.807) is 19.2 Å². The summed E-state index contributed by atoms with van der Waals surface area (Å²) in [7, 11) is 5.74. The van der Waals surface area contributed by atoms with Gasteiger partial charge in [-0.15, -0.1) is 0 Å². The molecule has 2 N–H and O–H groups in total. The highest BCUT2D eigenvalue weighted by molar-refractivity contribution is 6.22. The highest BCUT2D eigenvalue weighted by Gasteiger charge is 2.35. The van der Waals surface area contributed by atoms with Crippen LogP contribution >= 0.6 is 0 Å². The van der Waals surface area contributed by atoms with Crippen molar-refractivity contribution >= 4 is 17.7 Å². The molecule has 158 valence electrons. The van der Waals surface area contributed by atoms with Crippen LogP contribution in [0.5, 0.6) is 0 Å². The van der Waals surface area contributed by atoms with Gasteiger partial charge in [0.1, 0.15) is 6.54 Å². The van der Waals surface area contributed by atoms with Crippen LogP contribution in [0.3, 0.4) is 0 Å². The minimum atomic E-state index is -0.361. The SMILES string of the molecule is COCCCN1C(=O)c2ccc(C(=O)NCc3ccccc3C[NH+](C)C)cc2C1=O. The van der Waals surface area contributed by atoms with Crippen LogP contribution < -0.4 is 10.2 Å². The predicted molar refractivity (Wildman–Crippen MR) is 112 cm³/mol. The van der Waals surface area contributed by atoms with Crippen LogP contribution in [-0.2, 0) is 17.8 Å². The number of rotatable bonds is 9. The molecule has 0 radical (unpaired) electrons. The van der Waals surface area contributed by atoms with E-state index in [-0.39, 0.29) is 23.3 Å². The molecule has 2 aromatic carbocycles. The number of methoxy groups -OCH3 is 1. The molecule has 7 nitrogen and oxygen atoms in total. The number of nitrogens with zero attached hydrogens (tertiary/aromatic N) is 1. The lowest BCUT2D eigenvalue weighted by molar-refractivity contribution is -0.872. The Labute approximate surface area is 176 Å². The maximum absolute atomic E-state index is 12.7. The second kappa shape index (κ2) is 9.65. The number of carbonyl (C=O) groups is 3. The Balaban J connectivity index is 1.70. The summed E-state index contributed by atoms with van der Waals surface area (Å²) in [5.74, 6) is -0.957. The van der Waals surface area contributed by atoms with Crippen molar-refractivity contribution in [1.29, 1.82) is 0 Å². The second-order valence-corrected chi connectivity index (χ2v) is 7.70. The van der Waals surface area contributed by atoms with Crippen molar-refractivity contribution in [1.82, 2.24) is 10.2 Å². The molecule has 0 aliphatic carbocycles. The smallest absolute Gasteiger partial charge is 0.261 e. The minimum Gasteiger partial charge on any atom is -0.385 e. The molecule has 2 aromatic rings. The minimum absolute atomic E-state index is 0.275. The largest absolute Gasteiger partial charge is 0.385 e. The number of hydrogen-bond acceptors (Lipinski definition) is 4. The van der Waals surface area contributed by atoms with Crippen LogP contribution in [0.4, 0.5) is 0 Å². The van der Waals surface area contributed by atoms with Crippen molar-refractivity contribution < 1.29 is 24.0 Å². The van der Waals surface area contributed by atoms with Gasteiger partial charge >= 0.3 is 0 Å². The van der Waals surface area contributed by atoms with Gasteiger partial charge in [-0.1, -0.05) is 24.3 Å². The van der Waals surface area contributed by atoms with Gasteiger partial charge in [0.15, 0.2) is 0 Å². The van der Waals surface area contributed by atoms with Crippen LogP contribution in [0.2, 0.25) is 0 Å². The van der Waals surface area contributed by atoms with E-state index >= 15 is 0 Å². The van der Waals surface area contributed by atoms with Crippen molar-refractivity contribution in [3.8, 4) is 0 Å². The van der Waals surface area contributed by atoms with Crippen LogP contribution in [0, 0.1) is 0 Å². The molecule has 0 saturated heterocycles. The van der Waals surface area contributed by atoms with E-state index in [9.17, 15) is 14.4 Å². The molecule has 0 atom stereocenters. The highest BCUT2D eigenvalue weighted by atomic mass is 16.5. The lowest BCUT2D eigenvalue weighted by Gasteiger charge is -2.13. The Morgan fingerprint density at radius 2 is 1.73 bits per heavy atom. The number of quaternary nitrogens is 1. The molecule has 1 aliphatic heterocycles. The van der Waals surface area contributed by atoms with Gasteiger partial charge in [-0.3, -0.25) is 19.3 Å². The van der Waals surface area contributed by atoms with Gasteiger partial charge in [-0.2, -0.15) is 0 Å². The van der Waals surface area contributed by atoms with Crippen molar-refractivity contribution in [3.63, 3.8) is 0 Å². The molecular formula is C23H28N3O4+. The molecule has 0 saturated carbocycles. The van der Waals surface area contributed by atoms with Gasteiger partial charge in [0, 0.05) is 37.9 Å². The number of imide groups is 1. The van der Waals surface area contributed by atoms with E-state index in [2.05, 4.69) is 25.5 Å². The number of benzene rings is 2. The van der Waals surface area contributed by atoms with Gasteiger partial charge < -0.3 is 15.0 Å². The lowest BCUT2D eigenvalue weighted by Crippen LogP contribution is -3.04. The van der Waals surface area contributed by atoms with Crippen molar-refractivity contribution in [2.75, 3.05) is 34.4 Å². The predicted octanol–water partition coefficient (Wildman–Crippen LogP) is 0.894. The van der Waals surface area contributed by atoms with Gasteiger partial charge in [-0.05, 0) is 30.2 Å². The van der Waals surface area contributed by atoms with E-state index < -0.39 is 0 Å². The van der Waals surface area contributed by atoms with Crippen molar-refractivity contribution in [2.45, 2.75) is 19.5 Å². The van der Waals surface area contributed by atoms with Crippen LogP contribution in [-0.4, -0.2) is 57.0 Å². The summed E-state index contributed by atoms with van der Waals surface area (Å²) in [5, 5.41) is 2.92. The summed E-state index contributed by atoms with van der Waals surface area (Å²) < 4.78 is 4.99. The average Bonchev–Trinajstić information content (AvgIpc) is 2.97. The van der Waals surface area contributed by atoms with Gasteiger partial charge in [0.25, 0.3) is 17.7 Å². The van der Waals surface area contributed by atoms with Crippen molar-refractivity contribution in [2.24, 2.45) is 0 Å². The molecule has 1 aliphatic rings. The summed E-state index contributed by atoms with van der Waals surface area (Å²) in [4.78, 5) is 40.3. The third kappa shape index (κ3) is 4.75. The second-order valence-electron chi connectivity index (χ2n) is 7.70. The third-order valence-electron chi connectivity index (χ3n) is 5.06. The van der Waals surface area contributed by atoms with E-state index in [4.69, 9.17) is 4.74 Å². The highest BCUT2D eigenvalue weighted by Crippen LogP contribution is 2.24. The van der Waals surface area contributed by atoms with Crippen LogP contribution in [0.1, 0.15) is 48.6 Å². The molecule has 1 heterocycles. The zero-order valence-electron chi connectivity index (χ0n) is 17.7. The van der Waals surface area contributed by atoms with E-state index in [0.717, 1.165) is 12.1 Å². The standard InChI is InChI=1S/C23H27N3O4/c1-25(2)15-18-8-5-4-7-17(18)14-24-21(27)16-9-10-19-20(13-16)23(29)26(22(19)28)11-6-12-30-3/h4-5,7-10,13H,6,11-12,14-15H2,1-3H3,(H,24,27)/p+1. The van der Waals surface area contributed by atoms with Gasteiger partial charge in [0.05, 0.1) is 25.2 Å². The fraction of sp³-hybridized carbons (Fsp3) is 0.348. The Hall–Kier alpha value is -3.03. The first kappa shape index (κ1) is 21.7. The molecular weight excluding hydrogens is 382 g/mol. The van der Waals surface area contributed by atoms with Gasteiger partial charge in [-0.25, -0.2) is 0 Å². The first-order valence-corrected chi connectivity index (χ1v) is 10.1. The Kier molecular flexibility index (Phi) is 6.97. The average molecular weight is 410 g/mol. The molecule has 0 fully saturated rings. The molecule has 0 bridgehead atoms. The molecule has 3 amide bonds. The fourth-order valence-corrected chi connectivity index (χ4v) is 3.56. The molecule has 3 rings (SSSR count). The lowest BCUT2D eigenvalue weighted by atomic mass is 10.0. The monoisotopic (exact) mass is 410 g/mol. The number of carbonyl (C=O) groups excluding carboxylic acids is 3. The Morgan fingerprint density at radius 3 is 2.43 bits per heavy atom. The molecule has 7 heteroatoms. The third-order valence-corrected chi connectivity index (χ3v) is 5.06. The van der Waals surface area contributed by atoms with E-state index in [1.165, 1.54) is 21.4 Å². The number of ether oxygens (including phenoxy) is 1. The van der Waals surface area contributed by atoms with E-state index in [0.29, 0.717) is 37.2 Å². The number of hydrogen-bond donors (Lipinski definition) is 2. The summed E-state index contributed by atoms with van der Waals surface area (Å²) >= 11 is 0. The Morgan fingerprint density at radius 1 is 1.03 bits per heavy atom. The summed E-state index contributed by atoms with van der Waals surface area (Å²) in [6.07, 6.45) is 0.573. The first-order valence-electron chi connectivity index (χ1n) is 10.1. The number of nitrogens with one attached hydrogen (secondary N) is 2. The summed E-state index contributed by atoms with van der Waals surface area (Å²) in [5.41, 5.74) is 3.22. The van der Waals surface area contributed by atoms with Crippen LogP contribution in [0.15, 0.2) is 42.5 Å². The topological polar surface area (TPSA) is 80.2 Å². The molecule has 0 unspecified atom stereocenters. The zero-order chi connectivity index (χ0) is 21.7. The summed E-state index contributed by atoms with van der Waals surface area (Å²) in [6, 6.07) is 12.7. The quantitative estimate of drug-likeness (QED) is 0.475. The van der Waals surface area contributed by atoms with Crippen LogP contribution in [0.25, 0.3) is 0 Å². The Bertz CT molecular complexity index is 955. The summed E-state index contributed by atoms with van der Waals surface area (Å²) in [6.45, 7) is 2.03. The first-order chi connectivity index (χ1) is 14.4. The zero-order valence-corrected chi connectivity index (χ0v) is 17.7. The van der Waals surface area contributed by atoms with Crippen molar-refractivity contribution in [3.05, 3.63) is 70.3 Å². The van der Waals surface area contributed by atoms with Gasteiger partial charge in [0.2, 0.25) is 0 Å². The maximum Gasteiger partial charge on any atom is 0.261 e. The molecule has 30 heavy (non-hydrogen) atoms. The number of amides is 3. The van der Waals surface area contributed by atoms with E-state index in [1.807, 2.05) is 18.2 Å². The molecule has 0 aromatic heterocycles. The maximum atomic E-state index is 12.7.